The van der Waals surface area contributed by atoms with Gasteiger partial charge >= 0.3 is 0 Å². The summed E-state index contributed by atoms with van der Waals surface area (Å²) in [7, 11) is 0. The van der Waals surface area contributed by atoms with Crippen molar-refractivity contribution in [2.24, 2.45) is 11.3 Å². The smallest absolute Gasteiger partial charge is 0.222 e. The predicted octanol–water partition coefficient (Wildman–Crippen LogP) is 1.50. The van der Waals surface area contributed by atoms with Crippen molar-refractivity contribution in [2.75, 3.05) is 52.5 Å². The predicted molar refractivity (Wildman–Crippen MR) is 89.2 cm³/mol. The molecule has 5 heteroatoms. The van der Waals surface area contributed by atoms with Crippen LogP contribution in [0, 0.1) is 11.3 Å². The molecule has 0 aliphatic carbocycles. The third-order valence-electron chi connectivity index (χ3n) is 6.04. The molecule has 132 valence electrons. The van der Waals surface area contributed by atoms with Gasteiger partial charge in [0.2, 0.25) is 5.91 Å². The van der Waals surface area contributed by atoms with Crippen molar-refractivity contribution < 1.29 is 14.6 Å². The van der Waals surface area contributed by atoms with E-state index in [0.717, 1.165) is 32.5 Å². The van der Waals surface area contributed by atoms with Crippen LogP contribution in [0.2, 0.25) is 0 Å². The number of carbonyl (C=O) groups excluding carboxylic acids is 1. The lowest BCUT2D eigenvalue weighted by atomic mass is 9.76. The summed E-state index contributed by atoms with van der Waals surface area (Å²) in [6, 6.07) is 0. The van der Waals surface area contributed by atoms with E-state index in [-0.39, 0.29) is 17.9 Å². The van der Waals surface area contributed by atoms with Gasteiger partial charge in [0, 0.05) is 31.5 Å². The number of amides is 1. The van der Waals surface area contributed by atoms with Crippen LogP contribution in [-0.4, -0.2) is 73.4 Å². The van der Waals surface area contributed by atoms with Gasteiger partial charge in [0.25, 0.3) is 0 Å². The molecule has 23 heavy (non-hydrogen) atoms. The quantitative estimate of drug-likeness (QED) is 0.833. The first-order chi connectivity index (χ1) is 11.2. The van der Waals surface area contributed by atoms with Crippen LogP contribution in [0.3, 0.4) is 0 Å². The van der Waals surface area contributed by atoms with Gasteiger partial charge in [-0.2, -0.15) is 0 Å². The third kappa shape index (κ3) is 4.06. The number of nitrogens with zero attached hydrogens (tertiary/aromatic N) is 2. The highest BCUT2D eigenvalue weighted by molar-refractivity contribution is 5.76. The monoisotopic (exact) mass is 324 g/mol. The lowest BCUT2D eigenvalue weighted by Crippen LogP contribution is -2.43. The van der Waals surface area contributed by atoms with Crippen molar-refractivity contribution in [1.82, 2.24) is 9.80 Å². The lowest BCUT2D eigenvalue weighted by Gasteiger charge is -2.36. The van der Waals surface area contributed by atoms with Gasteiger partial charge < -0.3 is 19.6 Å². The summed E-state index contributed by atoms with van der Waals surface area (Å²) in [5.41, 5.74) is -0.196. The molecule has 3 saturated heterocycles. The van der Waals surface area contributed by atoms with E-state index < -0.39 is 0 Å². The van der Waals surface area contributed by atoms with Crippen molar-refractivity contribution in [3.63, 3.8) is 0 Å². The Morgan fingerprint density at radius 3 is 2.70 bits per heavy atom. The standard InChI is InChI=1S/C18H32N2O3/c21-14-18-13-20(12-16(18)7-11-23-15-18)17(22)6-5-10-19-8-3-1-2-4-9-19/h16,21H,1-15H2/t16-,18+/m0/s1. The van der Waals surface area contributed by atoms with Gasteiger partial charge in [-0.15, -0.1) is 0 Å². The number of ether oxygens (including phenoxy) is 1. The highest BCUT2D eigenvalue weighted by atomic mass is 16.5. The average molecular weight is 324 g/mol. The normalized spacial score (nSPS) is 32.6. The van der Waals surface area contributed by atoms with Gasteiger partial charge in [-0.3, -0.25) is 4.79 Å². The average Bonchev–Trinajstić information content (AvgIpc) is 2.78. The number of hydrogen-bond donors (Lipinski definition) is 1. The molecular formula is C18H32N2O3. The van der Waals surface area contributed by atoms with Gasteiger partial charge in [-0.25, -0.2) is 0 Å². The summed E-state index contributed by atoms with van der Waals surface area (Å²) in [5.74, 6) is 0.679. The molecule has 0 radical (unpaired) electrons. The van der Waals surface area contributed by atoms with Crippen molar-refractivity contribution in [3.8, 4) is 0 Å². The molecule has 0 aromatic carbocycles. The molecule has 5 nitrogen and oxygen atoms in total. The van der Waals surface area contributed by atoms with E-state index in [9.17, 15) is 9.90 Å². The van der Waals surface area contributed by atoms with Crippen LogP contribution in [0.15, 0.2) is 0 Å². The number of rotatable bonds is 5. The molecule has 0 aromatic rings. The van der Waals surface area contributed by atoms with Crippen LogP contribution < -0.4 is 0 Å². The lowest BCUT2D eigenvalue weighted by molar-refractivity contribution is -0.131. The van der Waals surface area contributed by atoms with Crippen molar-refractivity contribution in [1.29, 1.82) is 0 Å². The maximum absolute atomic E-state index is 12.5. The first-order valence-electron chi connectivity index (χ1n) is 9.42. The molecule has 2 atom stereocenters. The Kier molecular flexibility index (Phi) is 5.94. The molecule has 3 fully saturated rings. The van der Waals surface area contributed by atoms with Gasteiger partial charge in [0.15, 0.2) is 0 Å². The van der Waals surface area contributed by atoms with E-state index >= 15 is 0 Å². The summed E-state index contributed by atoms with van der Waals surface area (Å²) < 4.78 is 5.57. The summed E-state index contributed by atoms with van der Waals surface area (Å²) in [4.78, 5) is 17.0. The van der Waals surface area contributed by atoms with E-state index in [1.165, 1.54) is 38.8 Å². The molecule has 0 saturated carbocycles. The van der Waals surface area contributed by atoms with Crippen LogP contribution in [0.1, 0.15) is 44.9 Å². The maximum atomic E-state index is 12.5. The van der Waals surface area contributed by atoms with E-state index in [2.05, 4.69) is 4.90 Å². The third-order valence-corrected chi connectivity index (χ3v) is 6.04. The minimum absolute atomic E-state index is 0.134. The first-order valence-corrected chi connectivity index (χ1v) is 9.42. The molecule has 3 aliphatic rings. The summed E-state index contributed by atoms with van der Waals surface area (Å²) in [6.07, 6.45) is 7.90. The molecule has 1 N–H and O–H groups in total. The Hall–Kier alpha value is -0.650. The van der Waals surface area contributed by atoms with Crippen LogP contribution in [-0.2, 0) is 9.53 Å². The minimum atomic E-state index is -0.196. The van der Waals surface area contributed by atoms with Crippen LogP contribution in [0.4, 0.5) is 0 Å². The summed E-state index contributed by atoms with van der Waals surface area (Å²) >= 11 is 0. The molecule has 3 aliphatic heterocycles. The molecule has 0 bridgehead atoms. The van der Waals surface area contributed by atoms with E-state index in [4.69, 9.17) is 4.74 Å². The van der Waals surface area contributed by atoms with Crippen LogP contribution in [0.25, 0.3) is 0 Å². The Morgan fingerprint density at radius 1 is 1.22 bits per heavy atom. The van der Waals surface area contributed by atoms with Crippen molar-refractivity contribution in [2.45, 2.75) is 44.9 Å². The highest BCUT2D eigenvalue weighted by Gasteiger charge is 2.49. The topological polar surface area (TPSA) is 53.0 Å². The second-order valence-electron chi connectivity index (χ2n) is 7.69. The zero-order valence-corrected chi connectivity index (χ0v) is 14.3. The first kappa shape index (κ1) is 17.2. The SMILES string of the molecule is O=C(CCCN1CCCCCC1)N1C[C@@H]2CCOC[C@]2(CO)C1. The second-order valence-corrected chi connectivity index (χ2v) is 7.69. The largest absolute Gasteiger partial charge is 0.396 e. The van der Waals surface area contributed by atoms with Gasteiger partial charge in [0.05, 0.1) is 13.2 Å². The number of carbonyl (C=O) groups is 1. The molecule has 1 amide bonds. The summed E-state index contributed by atoms with van der Waals surface area (Å²) in [6.45, 7) is 6.45. The molecule has 0 spiro atoms. The Bertz CT molecular complexity index is 396. The Labute approximate surface area is 140 Å². The van der Waals surface area contributed by atoms with Crippen molar-refractivity contribution >= 4 is 5.91 Å². The maximum Gasteiger partial charge on any atom is 0.222 e. The number of likely N-dealkylation sites (tertiary alicyclic amines) is 2. The number of aliphatic hydroxyl groups is 1. The molecule has 3 heterocycles. The van der Waals surface area contributed by atoms with E-state index in [1.807, 2.05) is 4.90 Å². The summed E-state index contributed by atoms with van der Waals surface area (Å²) in [5, 5.41) is 9.80. The fraction of sp³-hybridized carbons (Fsp3) is 0.944. The zero-order chi connectivity index (χ0) is 16.1. The zero-order valence-electron chi connectivity index (χ0n) is 14.3. The number of fused-ring (bicyclic) bond motifs is 1. The minimum Gasteiger partial charge on any atom is -0.396 e. The van der Waals surface area contributed by atoms with E-state index in [0.29, 0.717) is 25.5 Å². The van der Waals surface area contributed by atoms with Crippen molar-refractivity contribution in [3.05, 3.63) is 0 Å². The fourth-order valence-corrected chi connectivity index (χ4v) is 4.48. The van der Waals surface area contributed by atoms with Crippen LogP contribution >= 0.6 is 0 Å². The molecule has 3 rings (SSSR count). The number of hydrogen-bond acceptors (Lipinski definition) is 4. The van der Waals surface area contributed by atoms with E-state index in [1.54, 1.807) is 0 Å². The number of aliphatic hydroxyl groups excluding tert-OH is 1. The van der Waals surface area contributed by atoms with Gasteiger partial charge in [0.1, 0.15) is 0 Å². The Morgan fingerprint density at radius 2 is 2.00 bits per heavy atom. The van der Waals surface area contributed by atoms with Gasteiger partial charge in [-0.1, -0.05) is 12.8 Å². The molecule has 0 unspecified atom stereocenters. The molecular weight excluding hydrogens is 292 g/mol. The fourth-order valence-electron chi connectivity index (χ4n) is 4.48. The Balaban J connectivity index is 1.43. The van der Waals surface area contributed by atoms with Gasteiger partial charge in [-0.05, 0) is 51.2 Å². The highest BCUT2D eigenvalue weighted by Crippen LogP contribution is 2.41. The second kappa shape index (κ2) is 7.95. The van der Waals surface area contributed by atoms with Crippen LogP contribution in [0.5, 0.6) is 0 Å². The molecule has 0 aromatic heterocycles.